The van der Waals surface area contributed by atoms with Gasteiger partial charge in [-0.2, -0.15) is 0 Å². The van der Waals surface area contributed by atoms with E-state index in [1.165, 1.54) is 18.4 Å². The van der Waals surface area contributed by atoms with Gasteiger partial charge in [0.1, 0.15) is 5.75 Å². The van der Waals surface area contributed by atoms with Gasteiger partial charge >= 0.3 is 0 Å². The van der Waals surface area contributed by atoms with Crippen LogP contribution in [0.1, 0.15) is 38.2 Å². The Hall–Kier alpha value is -1.02. The quantitative estimate of drug-likeness (QED) is 0.862. The van der Waals surface area contributed by atoms with Crippen molar-refractivity contribution in [2.24, 2.45) is 5.92 Å². The number of hydrogen-bond acceptors (Lipinski definition) is 2. The van der Waals surface area contributed by atoms with E-state index < -0.39 is 0 Å². The average molecular weight is 233 g/mol. The van der Waals surface area contributed by atoms with Gasteiger partial charge in [0.15, 0.2) is 0 Å². The maximum atomic E-state index is 5.21. The maximum absolute atomic E-state index is 5.21. The highest BCUT2D eigenvalue weighted by molar-refractivity contribution is 5.30. The first-order valence-corrected chi connectivity index (χ1v) is 6.63. The lowest BCUT2D eigenvalue weighted by Crippen LogP contribution is -2.32. The number of rotatable bonds is 4. The van der Waals surface area contributed by atoms with Gasteiger partial charge in [0.05, 0.1) is 7.11 Å². The molecule has 94 valence electrons. The number of hydrogen-bond donors (Lipinski definition) is 1. The Morgan fingerprint density at radius 3 is 2.53 bits per heavy atom. The standard InChI is InChI=1S/C15H23NO/c1-4-16-15-10-9-14(11(15)2)12-5-7-13(17-3)8-6-12/h5-8,11,14-16H,4,9-10H2,1-3H3. The Balaban J connectivity index is 2.07. The van der Waals surface area contributed by atoms with Gasteiger partial charge in [0.2, 0.25) is 0 Å². The van der Waals surface area contributed by atoms with Gasteiger partial charge in [-0.3, -0.25) is 0 Å². The predicted octanol–water partition coefficient (Wildman–Crippen LogP) is 3.19. The van der Waals surface area contributed by atoms with E-state index in [4.69, 9.17) is 4.74 Å². The molecule has 1 N–H and O–H groups in total. The zero-order chi connectivity index (χ0) is 12.3. The zero-order valence-electron chi connectivity index (χ0n) is 11.1. The Bertz CT molecular complexity index is 346. The lowest BCUT2D eigenvalue weighted by atomic mass is 9.89. The van der Waals surface area contributed by atoms with Crippen LogP contribution in [-0.4, -0.2) is 19.7 Å². The zero-order valence-corrected chi connectivity index (χ0v) is 11.1. The fourth-order valence-corrected chi connectivity index (χ4v) is 3.04. The minimum atomic E-state index is 0.687. The fraction of sp³-hybridized carbons (Fsp3) is 0.600. The van der Waals surface area contributed by atoms with Crippen molar-refractivity contribution in [3.8, 4) is 5.75 Å². The molecule has 0 aliphatic heterocycles. The summed E-state index contributed by atoms with van der Waals surface area (Å²) in [4.78, 5) is 0. The molecule has 1 fully saturated rings. The second-order valence-corrected chi connectivity index (χ2v) is 4.98. The van der Waals surface area contributed by atoms with Crippen molar-refractivity contribution in [3.05, 3.63) is 29.8 Å². The molecule has 3 unspecified atom stereocenters. The third-order valence-electron chi connectivity index (χ3n) is 4.07. The minimum Gasteiger partial charge on any atom is -0.497 e. The number of methoxy groups -OCH3 is 1. The second-order valence-electron chi connectivity index (χ2n) is 4.98. The van der Waals surface area contributed by atoms with Gasteiger partial charge in [-0.1, -0.05) is 26.0 Å². The van der Waals surface area contributed by atoms with Crippen LogP contribution in [-0.2, 0) is 0 Å². The molecule has 0 bridgehead atoms. The van der Waals surface area contributed by atoms with Crippen molar-refractivity contribution in [2.45, 2.75) is 38.6 Å². The van der Waals surface area contributed by atoms with E-state index in [0.29, 0.717) is 12.0 Å². The molecule has 0 spiro atoms. The molecule has 1 aliphatic rings. The molecule has 1 aromatic rings. The van der Waals surface area contributed by atoms with Crippen molar-refractivity contribution >= 4 is 0 Å². The van der Waals surface area contributed by atoms with E-state index in [2.05, 4.69) is 43.4 Å². The van der Waals surface area contributed by atoms with Crippen molar-refractivity contribution in [2.75, 3.05) is 13.7 Å². The van der Waals surface area contributed by atoms with Crippen LogP contribution in [0.15, 0.2) is 24.3 Å². The van der Waals surface area contributed by atoms with Gasteiger partial charge in [0, 0.05) is 6.04 Å². The van der Waals surface area contributed by atoms with Gasteiger partial charge < -0.3 is 10.1 Å². The van der Waals surface area contributed by atoms with Crippen molar-refractivity contribution in [1.29, 1.82) is 0 Å². The first-order valence-electron chi connectivity index (χ1n) is 6.63. The molecule has 2 rings (SSSR count). The topological polar surface area (TPSA) is 21.3 Å². The van der Waals surface area contributed by atoms with E-state index in [1.54, 1.807) is 7.11 Å². The van der Waals surface area contributed by atoms with Gasteiger partial charge in [-0.25, -0.2) is 0 Å². The Kier molecular flexibility index (Phi) is 4.06. The highest BCUT2D eigenvalue weighted by atomic mass is 16.5. The third-order valence-corrected chi connectivity index (χ3v) is 4.07. The molecule has 0 saturated heterocycles. The molecule has 0 heterocycles. The monoisotopic (exact) mass is 233 g/mol. The molecular formula is C15H23NO. The molecular weight excluding hydrogens is 210 g/mol. The maximum Gasteiger partial charge on any atom is 0.118 e. The summed E-state index contributed by atoms with van der Waals surface area (Å²) in [7, 11) is 1.72. The summed E-state index contributed by atoms with van der Waals surface area (Å²) < 4.78 is 5.21. The summed E-state index contributed by atoms with van der Waals surface area (Å²) in [6.07, 6.45) is 2.59. The fourth-order valence-electron chi connectivity index (χ4n) is 3.04. The Morgan fingerprint density at radius 2 is 1.94 bits per heavy atom. The number of nitrogens with one attached hydrogen (secondary N) is 1. The highest BCUT2D eigenvalue weighted by Gasteiger charge is 2.32. The smallest absolute Gasteiger partial charge is 0.118 e. The normalized spacial score (nSPS) is 28.3. The third kappa shape index (κ3) is 2.63. The summed E-state index contributed by atoms with van der Waals surface area (Å²) in [5.41, 5.74) is 1.46. The first kappa shape index (κ1) is 12.4. The van der Waals surface area contributed by atoms with Crippen LogP contribution >= 0.6 is 0 Å². The van der Waals surface area contributed by atoms with Crippen LogP contribution in [0.5, 0.6) is 5.75 Å². The van der Waals surface area contributed by atoms with Crippen molar-refractivity contribution in [3.63, 3.8) is 0 Å². The largest absolute Gasteiger partial charge is 0.497 e. The van der Waals surface area contributed by atoms with E-state index in [1.807, 2.05) is 0 Å². The van der Waals surface area contributed by atoms with Gasteiger partial charge in [0.25, 0.3) is 0 Å². The van der Waals surface area contributed by atoms with Crippen molar-refractivity contribution < 1.29 is 4.74 Å². The number of ether oxygens (including phenoxy) is 1. The van der Waals surface area contributed by atoms with Crippen LogP contribution < -0.4 is 10.1 Å². The van der Waals surface area contributed by atoms with E-state index in [9.17, 15) is 0 Å². The predicted molar refractivity (Wildman–Crippen MR) is 71.6 cm³/mol. The van der Waals surface area contributed by atoms with Crippen LogP contribution in [0.25, 0.3) is 0 Å². The first-order chi connectivity index (χ1) is 8.26. The summed E-state index contributed by atoms with van der Waals surface area (Å²) in [6, 6.07) is 9.26. The van der Waals surface area contributed by atoms with E-state index in [0.717, 1.165) is 18.2 Å². The summed E-state index contributed by atoms with van der Waals surface area (Å²) in [5, 5.41) is 3.59. The number of benzene rings is 1. The minimum absolute atomic E-state index is 0.687. The molecule has 17 heavy (non-hydrogen) atoms. The molecule has 0 aromatic heterocycles. The molecule has 0 amide bonds. The van der Waals surface area contributed by atoms with Gasteiger partial charge in [-0.05, 0) is 48.9 Å². The van der Waals surface area contributed by atoms with Crippen LogP contribution in [0.4, 0.5) is 0 Å². The van der Waals surface area contributed by atoms with Crippen LogP contribution in [0, 0.1) is 5.92 Å². The summed E-state index contributed by atoms with van der Waals surface area (Å²) in [5.74, 6) is 2.37. The molecule has 3 atom stereocenters. The molecule has 1 saturated carbocycles. The van der Waals surface area contributed by atoms with E-state index >= 15 is 0 Å². The summed E-state index contributed by atoms with van der Waals surface area (Å²) in [6.45, 7) is 5.63. The Labute approximate surface area is 104 Å². The lowest BCUT2D eigenvalue weighted by molar-refractivity contribution is 0.408. The molecule has 2 heteroatoms. The summed E-state index contributed by atoms with van der Waals surface area (Å²) >= 11 is 0. The molecule has 0 radical (unpaired) electrons. The highest BCUT2D eigenvalue weighted by Crippen LogP contribution is 2.39. The molecule has 1 aliphatic carbocycles. The SMILES string of the molecule is CCNC1CCC(c2ccc(OC)cc2)C1C. The van der Waals surface area contributed by atoms with Gasteiger partial charge in [-0.15, -0.1) is 0 Å². The van der Waals surface area contributed by atoms with Crippen LogP contribution in [0.2, 0.25) is 0 Å². The Morgan fingerprint density at radius 1 is 1.24 bits per heavy atom. The van der Waals surface area contributed by atoms with Crippen molar-refractivity contribution in [1.82, 2.24) is 5.32 Å². The second kappa shape index (κ2) is 5.54. The lowest BCUT2D eigenvalue weighted by Gasteiger charge is -2.21. The molecule has 1 aromatic carbocycles. The average Bonchev–Trinajstić information content (AvgIpc) is 2.72. The molecule has 2 nitrogen and oxygen atoms in total. The van der Waals surface area contributed by atoms with Crippen LogP contribution in [0.3, 0.4) is 0 Å². The van der Waals surface area contributed by atoms with E-state index in [-0.39, 0.29) is 0 Å².